The van der Waals surface area contributed by atoms with Gasteiger partial charge in [-0.3, -0.25) is 9.59 Å². The standard InChI is InChI=1S/C13H11N3O4/c17-12(15-11-5-6-19-16-11)7-10-13(18)14-8-3-1-2-4-9(8)20-10/h1-6,10H,7H2,(H,14,18)(H,15,16,17). The van der Waals surface area contributed by atoms with Gasteiger partial charge in [0, 0.05) is 6.07 Å². The molecule has 1 atom stereocenters. The summed E-state index contributed by atoms with van der Waals surface area (Å²) in [5.74, 6) is 0.121. The van der Waals surface area contributed by atoms with Gasteiger partial charge in [0.25, 0.3) is 5.91 Å². The Labute approximate surface area is 113 Å². The second-order valence-corrected chi connectivity index (χ2v) is 4.23. The highest BCUT2D eigenvalue weighted by Gasteiger charge is 2.29. The Morgan fingerprint density at radius 1 is 1.35 bits per heavy atom. The minimum Gasteiger partial charge on any atom is -0.478 e. The summed E-state index contributed by atoms with van der Waals surface area (Å²) in [6.45, 7) is 0. The second kappa shape index (κ2) is 5.04. The Morgan fingerprint density at radius 2 is 2.20 bits per heavy atom. The van der Waals surface area contributed by atoms with Crippen LogP contribution in [0, 0.1) is 0 Å². The Hall–Kier alpha value is -2.83. The van der Waals surface area contributed by atoms with E-state index >= 15 is 0 Å². The summed E-state index contributed by atoms with van der Waals surface area (Å²) in [6.07, 6.45) is 0.375. The molecule has 7 heteroatoms. The van der Waals surface area contributed by atoms with Crippen LogP contribution in [0.25, 0.3) is 0 Å². The third-order valence-electron chi connectivity index (χ3n) is 2.78. The maximum atomic E-state index is 11.8. The summed E-state index contributed by atoms with van der Waals surface area (Å²) in [6, 6.07) is 8.56. The molecule has 3 rings (SSSR count). The number of anilines is 2. The Bertz CT molecular complexity index is 639. The number of nitrogens with one attached hydrogen (secondary N) is 2. The van der Waals surface area contributed by atoms with Crippen molar-refractivity contribution in [3.8, 4) is 5.75 Å². The molecule has 1 aliphatic heterocycles. The number of rotatable bonds is 3. The molecule has 2 heterocycles. The summed E-state index contributed by atoms with van der Waals surface area (Å²) in [5, 5.41) is 8.76. The van der Waals surface area contributed by atoms with Crippen LogP contribution in [-0.4, -0.2) is 23.1 Å². The number of aromatic nitrogens is 1. The Morgan fingerprint density at radius 3 is 3.00 bits per heavy atom. The molecule has 0 spiro atoms. The molecule has 0 saturated carbocycles. The molecular formula is C13H11N3O4. The first-order valence-electron chi connectivity index (χ1n) is 5.99. The summed E-state index contributed by atoms with van der Waals surface area (Å²) < 4.78 is 10.1. The van der Waals surface area contributed by atoms with E-state index in [9.17, 15) is 9.59 Å². The van der Waals surface area contributed by atoms with Crippen LogP contribution in [0.1, 0.15) is 6.42 Å². The molecule has 0 bridgehead atoms. The van der Waals surface area contributed by atoms with Crippen molar-refractivity contribution in [2.45, 2.75) is 12.5 Å². The number of para-hydroxylation sites is 2. The highest BCUT2D eigenvalue weighted by molar-refractivity contribution is 6.01. The van der Waals surface area contributed by atoms with Crippen molar-refractivity contribution in [3.05, 3.63) is 36.6 Å². The predicted octanol–water partition coefficient (Wildman–Crippen LogP) is 1.40. The van der Waals surface area contributed by atoms with E-state index in [-0.39, 0.29) is 18.2 Å². The first-order chi connectivity index (χ1) is 9.72. The van der Waals surface area contributed by atoms with E-state index in [0.717, 1.165) is 0 Å². The summed E-state index contributed by atoms with van der Waals surface area (Å²) >= 11 is 0. The van der Waals surface area contributed by atoms with Gasteiger partial charge in [0.2, 0.25) is 5.91 Å². The van der Waals surface area contributed by atoms with E-state index in [2.05, 4.69) is 20.3 Å². The molecule has 0 aliphatic carbocycles. The van der Waals surface area contributed by atoms with Gasteiger partial charge in [-0.15, -0.1) is 0 Å². The highest BCUT2D eigenvalue weighted by Crippen LogP contribution is 2.29. The minimum absolute atomic E-state index is 0.104. The lowest BCUT2D eigenvalue weighted by Crippen LogP contribution is -2.39. The fraction of sp³-hybridized carbons (Fsp3) is 0.154. The number of hydrogen-bond donors (Lipinski definition) is 2. The van der Waals surface area contributed by atoms with Gasteiger partial charge in [-0.05, 0) is 12.1 Å². The zero-order chi connectivity index (χ0) is 13.9. The van der Waals surface area contributed by atoms with Crippen molar-refractivity contribution >= 4 is 23.3 Å². The van der Waals surface area contributed by atoms with Gasteiger partial charge < -0.3 is 19.9 Å². The monoisotopic (exact) mass is 273 g/mol. The molecule has 1 unspecified atom stereocenters. The van der Waals surface area contributed by atoms with E-state index in [0.29, 0.717) is 17.3 Å². The summed E-state index contributed by atoms with van der Waals surface area (Å²) in [5.41, 5.74) is 0.602. The van der Waals surface area contributed by atoms with Crippen LogP contribution in [0.3, 0.4) is 0 Å². The van der Waals surface area contributed by atoms with E-state index in [1.807, 2.05) is 0 Å². The number of amides is 2. The fourth-order valence-electron chi connectivity index (χ4n) is 1.87. The molecule has 1 aliphatic rings. The van der Waals surface area contributed by atoms with Gasteiger partial charge in [-0.25, -0.2) is 0 Å². The molecule has 20 heavy (non-hydrogen) atoms. The number of fused-ring (bicyclic) bond motifs is 1. The largest absolute Gasteiger partial charge is 0.478 e. The normalized spacial score (nSPS) is 16.8. The quantitative estimate of drug-likeness (QED) is 0.881. The van der Waals surface area contributed by atoms with Gasteiger partial charge in [0.1, 0.15) is 12.0 Å². The van der Waals surface area contributed by atoms with Gasteiger partial charge in [0.15, 0.2) is 11.9 Å². The molecule has 1 aromatic heterocycles. The summed E-state index contributed by atoms with van der Waals surface area (Å²) in [4.78, 5) is 23.6. The molecule has 7 nitrogen and oxygen atoms in total. The van der Waals surface area contributed by atoms with Crippen molar-refractivity contribution < 1.29 is 18.8 Å². The van der Waals surface area contributed by atoms with E-state index in [1.54, 1.807) is 24.3 Å². The first-order valence-corrected chi connectivity index (χ1v) is 5.99. The van der Waals surface area contributed by atoms with Gasteiger partial charge in [-0.1, -0.05) is 17.3 Å². The molecule has 2 aromatic rings. The zero-order valence-electron chi connectivity index (χ0n) is 10.3. The second-order valence-electron chi connectivity index (χ2n) is 4.23. The predicted molar refractivity (Wildman–Crippen MR) is 69.2 cm³/mol. The molecule has 0 radical (unpaired) electrons. The van der Waals surface area contributed by atoms with Crippen LogP contribution in [0.4, 0.5) is 11.5 Å². The fourth-order valence-corrected chi connectivity index (χ4v) is 1.87. The molecule has 2 N–H and O–H groups in total. The summed E-state index contributed by atoms with van der Waals surface area (Å²) in [7, 11) is 0. The third kappa shape index (κ3) is 2.46. The average Bonchev–Trinajstić information content (AvgIpc) is 2.92. The zero-order valence-corrected chi connectivity index (χ0v) is 10.3. The van der Waals surface area contributed by atoms with Crippen molar-refractivity contribution in [3.63, 3.8) is 0 Å². The first kappa shape index (κ1) is 12.2. The molecule has 1 aromatic carbocycles. The van der Waals surface area contributed by atoms with Gasteiger partial charge in [-0.2, -0.15) is 0 Å². The Balaban J connectivity index is 1.66. The molecule has 0 saturated heterocycles. The number of ether oxygens (including phenoxy) is 1. The van der Waals surface area contributed by atoms with Crippen molar-refractivity contribution in [2.24, 2.45) is 0 Å². The maximum Gasteiger partial charge on any atom is 0.266 e. The van der Waals surface area contributed by atoms with Crippen LogP contribution in [0.5, 0.6) is 5.75 Å². The van der Waals surface area contributed by atoms with Crippen LogP contribution in [0.2, 0.25) is 0 Å². The third-order valence-corrected chi connectivity index (χ3v) is 2.78. The maximum absolute atomic E-state index is 11.8. The van der Waals surface area contributed by atoms with Crippen molar-refractivity contribution in [2.75, 3.05) is 10.6 Å². The SMILES string of the molecule is O=C(CC1Oc2ccccc2NC1=O)Nc1ccon1. The Kier molecular flexibility index (Phi) is 3.08. The number of carbonyl (C=O) groups is 2. The van der Waals surface area contributed by atoms with Crippen LogP contribution >= 0.6 is 0 Å². The number of hydrogen-bond acceptors (Lipinski definition) is 5. The lowest BCUT2D eigenvalue weighted by atomic mass is 10.1. The van der Waals surface area contributed by atoms with Crippen molar-refractivity contribution in [1.82, 2.24) is 5.16 Å². The lowest BCUT2D eigenvalue weighted by molar-refractivity contribution is -0.128. The van der Waals surface area contributed by atoms with E-state index in [1.165, 1.54) is 12.3 Å². The highest BCUT2D eigenvalue weighted by atomic mass is 16.5. The molecular weight excluding hydrogens is 262 g/mol. The molecule has 102 valence electrons. The molecule has 0 fully saturated rings. The van der Waals surface area contributed by atoms with E-state index in [4.69, 9.17) is 4.74 Å². The smallest absolute Gasteiger partial charge is 0.266 e. The lowest BCUT2D eigenvalue weighted by Gasteiger charge is -2.25. The average molecular weight is 273 g/mol. The number of carbonyl (C=O) groups excluding carboxylic acids is 2. The number of nitrogens with zero attached hydrogens (tertiary/aromatic N) is 1. The van der Waals surface area contributed by atoms with Gasteiger partial charge in [0.05, 0.1) is 12.1 Å². The van der Waals surface area contributed by atoms with Gasteiger partial charge >= 0.3 is 0 Å². The number of benzene rings is 1. The minimum atomic E-state index is -0.864. The van der Waals surface area contributed by atoms with Crippen molar-refractivity contribution in [1.29, 1.82) is 0 Å². The topological polar surface area (TPSA) is 93.5 Å². The molecule has 2 amide bonds. The van der Waals surface area contributed by atoms with E-state index < -0.39 is 6.10 Å². The van der Waals surface area contributed by atoms with Crippen LogP contribution in [-0.2, 0) is 9.59 Å². The van der Waals surface area contributed by atoms with Crippen LogP contribution in [0.15, 0.2) is 41.1 Å². The van der Waals surface area contributed by atoms with Crippen LogP contribution < -0.4 is 15.4 Å².